The van der Waals surface area contributed by atoms with Crippen molar-refractivity contribution in [2.45, 2.75) is 50.0 Å². The molecule has 16 heavy (non-hydrogen) atoms. The van der Waals surface area contributed by atoms with E-state index in [4.69, 9.17) is 5.73 Å². The lowest BCUT2D eigenvalue weighted by molar-refractivity contribution is 0.0202. The number of H-pyrrole nitrogens is 1. The Morgan fingerprint density at radius 1 is 1.38 bits per heavy atom. The molecule has 3 nitrogen and oxygen atoms in total. The standard InChI is InChI=1S/C13H20N2O/c14-8-13(6-10(16)7-13)12-5-9-3-1-2-4-11(9)15-12/h5,10,15-16H,1-4,6-8,14H2. The minimum atomic E-state index is -0.149. The van der Waals surface area contributed by atoms with Crippen LogP contribution >= 0.6 is 0 Å². The van der Waals surface area contributed by atoms with Crippen molar-refractivity contribution in [3.05, 3.63) is 23.0 Å². The van der Waals surface area contributed by atoms with Gasteiger partial charge in [-0.15, -0.1) is 0 Å². The van der Waals surface area contributed by atoms with Crippen LogP contribution in [0.15, 0.2) is 6.07 Å². The Kier molecular flexibility index (Phi) is 2.33. The number of hydrogen-bond donors (Lipinski definition) is 3. The molecule has 0 aromatic carbocycles. The smallest absolute Gasteiger partial charge is 0.0559 e. The van der Waals surface area contributed by atoms with Gasteiger partial charge in [0.05, 0.1) is 6.10 Å². The molecule has 3 rings (SSSR count). The molecule has 1 heterocycles. The summed E-state index contributed by atoms with van der Waals surface area (Å²) in [5.74, 6) is 0. The predicted octanol–water partition coefficient (Wildman–Crippen LogP) is 1.24. The molecule has 0 bridgehead atoms. The van der Waals surface area contributed by atoms with E-state index in [2.05, 4.69) is 11.1 Å². The van der Waals surface area contributed by atoms with Crippen LogP contribution in [-0.2, 0) is 18.3 Å². The molecule has 0 unspecified atom stereocenters. The van der Waals surface area contributed by atoms with Crippen LogP contribution in [0, 0.1) is 0 Å². The summed E-state index contributed by atoms with van der Waals surface area (Å²) >= 11 is 0. The van der Waals surface area contributed by atoms with Crippen molar-refractivity contribution in [2.75, 3.05) is 6.54 Å². The van der Waals surface area contributed by atoms with Crippen LogP contribution in [-0.4, -0.2) is 22.7 Å². The maximum Gasteiger partial charge on any atom is 0.0559 e. The monoisotopic (exact) mass is 220 g/mol. The molecule has 1 saturated carbocycles. The van der Waals surface area contributed by atoms with E-state index in [0.717, 1.165) is 12.8 Å². The Labute approximate surface area is 96.0 Å². The molecule has 0 radical (unpaired) electrons. The highest BCUT2D eigenvalue weighted by Crippen LogP contribution is 2.43. The molecule has 1 aromatic heterocycles. The molecule has 1 aromatic rings. The van der Waals surface area contributed by atoms with Crippen LogP contribution in [0.5, 0.6) is 0 Å². The fourth-order valence-corrected chi connectivity index (χ4v) is 3.23. The third kappa shape index (κ3) is 1.42. The fourth-order valence-electron chi connectivity index (χ4n) is 3.23. The minimum absolute atomic E-state index is 0.0384. The maximum absolute atomic E-state index is 9.51. The van der Waals surface area contributed by atoms with Crippen molar-refractivity contribution in [3.8, 4) is 0 Å². The summed E-state index contributed by atoms with van der Waals surface area (Å²) in [7, 11) is 0. The van der Waals surface area contributed by atoms with E-state index >= 15 is 0 Å². The zero-order chi connectivity index (χ0) is 11.2. The topological polar surface area (TPSA) is 62.0 Å². The van der Waals surface area contributed by atoms with Crippen molar-refractivity contribution >= 4 is 0 Å². The fraction of sp³-hybridized carbons (Fsp3) is 0.692. The Balaban J connectivity index is 1.91. The predicted molar refractivity (Wildman–Crippen MR) is 63.4 cm³/mol. The van der Waals surface area contributed by atoms with Gasteiger partial charge in [-0.05, 0) is 50.2 Å². The largest absolute Gasteiger partial charge is 0.393 e. The van der Waals surface area contributed by atoms with Gasteiger partial charge in [0.1, 0.15) is 0 Å². The third-order valence-corrected chi connectivity index (χ3v) is 4.33. The molecular formula is C13H20N2O. The van der Waals surface area contributed by atoms with Crippen molar-refractivity contribution in [1.82, 2.24) is 4.98 Å². The average molecular weight is 220 g/mol. The summed E-state index contributed by atoms with van der Waals surface area (Å²) in [5, 5.41) is 9.51. The van der Waals surface area contributed by atoms with Gasteiger partial charge in [-0.3, -0.25) is 0 Å². The first kappa shape index (κ1) is 10.4. The number of hydrogen-bond acceptors (Lipinski definition) is 2. The number of rotatable bonds is 2. The normalized spacial score (nSPS) is 33.2. The number of fused-ring (bicyclic) bond motifs is 1. The van der Waals surface area contributed by atoms with Crippen LogP contribution in [0.1, 0.15) is 42.6 Å². The zero-order valence-corrected chi connectivity index (χ0v) is 9.63. The number of aryl methyl sites for hydroxylation is 2. The first-order valence-corrected chi connectivity index (χ1v) is 6.33. The molecule has 3 heteroatoms. The van der Waals surface area contributed by atoms with Crippen LogP contribution in [0.2, 0.25) is 0 Å². The lowest BCUT2D eigenvalue weighted by atomic mass is 9.65. The van der Waals surface area contributed by atoms with Gasteiger partial charge >= 0.3 is 0 Å². The second-order valence-electron chi connectivity index (χ2n) is 5.44. The zero-order valence-electron chi connectivity index (χ0n) is 9.63. The summed E-state index contributed by atoms with van der Waals surface area (Å²) in [6.45, 7) is 0.642. The van der Waals surface area contributed by atoms with E-state index in [1.165, 1.54) is 42.6 Å². The van der Waals surface area contributed by atoms with Crippen LogP contribution in [0.3, 0.4) is 0 Å². The molecule has 0 atom stereocenters. The van der Waals surface area contributed by atoms with Gasteiger partial charge < -0.3 is 15.8 Å². The number of nitrogens with two attached hydrogens (primary N) is 1. The highest BCUT2D eigenvalue weighted by Gasteiger charge is 2.45. The quantitative estimate of drug-likeness (QED) is 0.702. The van der Waals surface area contributed by atoms with Gasteiger partial charge in [0.2, 0.25) is 0 Å². The summed E-state index contributed by atoms with van der Waals surface area (Å²) in [6.07, 6.45) is 6.48. The Morgan fingerprint density at radius 2 is 2.12 bits per heavy atom. The minimum Gasteiger partial charge on any atom is -0.393 e. The van der Waals surface area contributed by atoms with E-state index in [1.54, 1.807) is 0 Å². The van der Waals surface area contributed by atoms with Crippen LogP contribution < -0.4 is 5.73 Å². The molecule has 0 saturated heterocycles. The highest BCUT2D eigenvalue weighted by molar-refractivity contribution is 5.34. The highest BCUT2D eigenvalue weighted by atomic mass is 16.3. The maximum atomic E-state index is 9.51. The molecule has 0 spiro atoms. The van der Waals surface area contributed by atoms with Crippen molar-refractivity contribution in [1.29, 1.82) is 0 Å². The van der Waals surface area contributed by atoms with E-state index in [-0.39, 0.29) is 11.5 Å². The summed E-state index contributed by atoms with van der Waals surface area (Å²) in [6, 6.07) is 2.30. The third-order valence-electron chi connectivity index (χ3n) is 4.33. The van der Waals surface area contributed by atoms with Gasteiger partial charge in [-0.25, -0.2) is 0 Å². The summed E-state index contributed by atoms with van der Waals surface area (Å²) in [5.41, 5.74) is 10.1. The molecule has 1 fully saturated rings. The van der Waals surface area contributed by atoms with Crippen molar-refractivity contribution in [3.63, 3.8) is 0 Å². The van der Waals surface area contributed by atoms with Gasteiger partial charge in [0, 0.05) is 23.3 Å². The molecule has 88 valence electrons. The SMILES string of the molecule is NCC1(c2cc3c([nH]2)CCCC3)CC(O)C1. The number of aliphatic hydroxyl groups is 1. The molecule has 0 amide bonds. The molecular weight excluding hydrogens is 200 g/mol. The number of aromatic amines is 1. The lowest BCUT2D eigenvalue weighted by Crippen LogP contribution is -2.50. The number of nitrogens with one attached hydrogen (secondary N) is 1. The van der Waals surface area contributed by atoms with Gasteiger partial charge in [0.25, 0.3) is 0 Å². The van der Waals surface area contributed by atoms with Crippen molar-refractivity contribution < 1.29 is 5.11 Å². The van der Waals surface area contributed by atoms with E-state index in [1.807, 2.05) is 0 Å². The first-order valence-electron chi connectivity index (χ1n) is 6.33. The Morgan fingerprint density at radius 3 is 2.75 bits per heavy atom. The molecule has 0 aliphatic heterocycles. The Hall–Kier alpha value is -0.800. The van der Waals surface area contributed by atoms with Gasteiger partial charge in [-0.1, -0.05) is 0 Å². The lowest BCUT2D eigenvalue weighted by Gasteiger charge is -2.44. The van der Waals surface area contributed by atoms with Crippen LogP contribution in [0.25, 0.3) is 0 Å². The summed E-state index contributed by atoms with van der Waals surface area (Å²) in [4.78, 5) is 3.56. The second kappa shape index (κ2) is 3.60. The van der Waals surface area contributed by atoms with Gasteiger partial charge in [0.15, 0.2) is 0 Å². The van der Waals surface area contributed by atoms with Crippen molar-refractivity contribution in [2.24, 2.45) is 5.73 Å². The molecule has 2 aliphatic carbocycles. The summed E-state index contributed by atoms with van der Waals surface area (Å²) < 4.78 is 0. The first-order chi connectivity index (χ1) is 7.73. The number of aromatic nitrogens is 1. The molecule has 2 aliphatic rings. The van der Waals surface area contributed by atoms with Gasteiger partial charge in [-0.2, -0.15) is 0 Å². The van der Waals surface area contributed by atoms with E-state index in [9.17, 15) is 5.11 Å². The molecule has 4 N–H and O–H groups in total. The Bertz CT molecular complexity index is 367. The van der Waals surface area contributed by atoms with Crippen LogP contribution in [0.4, 0.5) is 0 Å². The van der Waals surface area contributed by atoms with E-state index < -0.39 is 0 Å². The average Bonchev–Trinajstić information content (AvgIpc) is 2.68. The van der Waals surface area contributed by atoms with E-state index in [0.29, 0.717) is 6.54 Å². The second-order valence-corrected chi connectivity index (χ2v) is 5.44. The number of aliphatic hydroxyl groups excluding tert-OH is 1.